The third kappa shape index (κ3) is 3.60. The summed E-state index contributed by atoms with van der Waals surface area (Å²) in [6.07, 6.45) is 0.533. The number of piperazine rings is 1. The lowest BCUT2D eigenvalue weighted by Crippen LogP contribution is -2.52. The van der Waals surface area contributed by atoms with Gasteiger partial charge in [-0.05, 0) is 28.7 Å². The molecular formula is C22H25N3O3. The molecule has 2 aromatic carbocycles. The van der Waals surface area contributed by atoms with Crippen molar-refractivity contribution < 1.29 is 14.7 Å². The van der Waals surface area contributed by atoms with Gasteiger partial charge in [-0.2, -0.15) is 0 Å². The van der Waals surface area contributed by atoms with E-state index in [1.165, 1.54) is 22.3 Å². The predicted molar refractivity (Wildman–Crippen MR) is 107 cm³/mol. The van der Waals surface area contributed by atoms with Crippen molar-refractivity contribution in [1.82, 2.24) is 15.1 Å². The Hall–Kier alpha value is -2.86. The van der Waals surface area contributed by atoms with Gasteiger partial charge in [0.1, 0.15) is 0 Å². The molecule has 0 atom stereocenters. The molecule has 1 heterocycles. The molecule has 0 bridgehead atoms. The molecule has 0 spiro atoms. The Bertz CT molecular complexity index is 829. The number of carbonyl (C=O) groups excluding carboxylic acids is 1. The normalized spacial score (nSPS) is 16.5. The molecule has 1 aliphatic heterocycles. The van der Waals surface area contributed by atoms with Gasteiger partial charge in [0.25, 0.3) is 0 Å². The maximum atomic E-state index is 12.3. The maximum absolute atomic E-state index is 12.3. The van der Waals surface area contributed by atoms with Gasteiger partial charge < -0.3 is 15.3 Å². The minimum absolute atomic E-state index is 0.0779. The van der Waals surface area contributed by atoms with Gasteiger partial charge in [0.05, 0.1) is 6.04 Å². The van der Waals surface area contributed by atoms with E-state index in [2.05, 4.69) is 58.7 Å². The summed E-state index contributed by atoms with van der Waals surface area (Å²) in [5.74, 6) is -0.833. The van der Waals surface area contributed by atoms with Crippen LogP contribution in [0.4, 0.5) is 4.79 Å². The fourth-order valence-electron chi connectivity index (χ4n) is 4.25. The minimum atomic E-state index is -0.833. The summed E-state index contributed by atoms with van der Waals surface area (Å²) < 4.78 is 0. The van der Waals surface area contributed by atoms with E-state index in [1.807, 2.05) is 4.90 Å². The molecule has 146 valence electrons. The van der Waals surface area contributed by atoms with Crippen molar-refractivity contribution in [3.63, 3.8) is 0 Å². The van der Waals surface area contributed by atoms with E-state index in [4.69, 9.17) is 5.11 Å². The minimum Gasteiger partial charge on any atom is -0.481 e. The fourth-order valence-corrected chi connectivity index (χ4v) is 4.25. The predicted octanol–water partition coefficient (Wildman–Crippen LogP) is 2.95. The maximum Gasteiger partial charge on any atom is 0.317 e. The summed E-state index contributed by atoms with van der Waals surface area (Å²) in [4.78, 5) is 27.2. The summed E-state index contributed by atoms with van der Waals surface area (Å²) >= 11 is 0. The smallest absolute Gasteiger partial charge is 0.317 e. The second-order valence-electron chi connectivity index (χ2n) is 7.33. The molecule has 2 aliphatic rings. The van der Waals surface area contributed by atoms with Gasteiger partial charge in [0.15, 0.2) is 0 Å². The SMILES string of the molecule is O=C(O)CCCNC(=O)N1CCN(C2c3ccccc3-c3ccccc32)CC1. The van der Waals surface area contributed by atoms with Gasteiger partial charge in [0.2, 0.25) is 0 Å². The highest BCUT2D eigenvalue weighted by molar-refractivity contribution is 5.78. The van der Waals surface area contributed by atoms with E-state index in [-0.39, 0.29) is 18.5 Å². The number of aliphatic carboxylic acids is 1. The number of amides is 2. The number of urea groups is 1. The molecule has 0 unspecified atom stereocenters. The molecule has 1 aliphatic carbocycles. The number of carboxylic acids is 1. The van der Waals surface area contributed by atoms with Crippen LogP contribution in [0.1, 0.15) is 30.0 Å². The molecule has 1 fully saturated rings. The summed E-state index contributed by atoms with van der Waals surface area (Å²) in [5.41, 5.74) is 5.30. The highest BCUT2D eigenvalue weighted by Crippen LogP contribution is 2.46. The van der Waals surface area contributed by atoms with Crippen LogP contribution in [0.25, 0.3) is 11.1 Å². The summed E-state index contributed by atoms with van der Waals surface area (Å²) in [6, 6.07) is 17.3. The van der Waals surface area contributed by atoms with Crippen molar-refractivity contribution in [1.29, 1.82) is 0 Å². The van der Waals surface area contributed by atoms with Crippen molar-refractivity contribution in [2.24, 2.45) is 0 Å². The number of benzene rings is 2. The van der Waals surface area contributed by atoms with Crippen LogP contribution < -0.4 is 5.32 Å². The molecular weight excluding hydrogens is 354 g/mol. The lowest BCUT2D eigenvalue weighted by molar-refractivity contribution is -0.137. The molecule has 0 radical (unpaired) electrons. The van der Waals surface area contributed by atoms with Crippen LogP contribution >= 0.6 is 0 Å². The van der Waals surface area contributed by atoms with Crippen LogP contribution in [0.15, 0.2) is 48.5 Å². The lowest BCUT2D eigenvalue weighted by Gasteiger charge is -2.38. The van der Waals surface area contributed by atoms with Crippen LogP contribution in [0.3, 0.4) is 0 Å². The fraction of sp³-hybridized carbons (Fsp3) is 0.364. The Morgan fingerprint density at radius 2 is 1.50 bits per heavy atom. The summed E-state index contributed by atoms with van der Waals surface area (Å²) in [6.45, 7) is 3.37. The van der Waals surface area contributed by atoms with Gasteiger partial charge in [-0.1, -0.05) is 48.5 Å². The number of carbonyl (C=O) groups is 2. The van der Waals surface area contributed by atoms with Crippen LogP contribution in [-0.2, 0) is 4.79 Å². The molecule has 28 heavy (non-hydrogen) atoms. The molecule has 2 N–H and O–H groups in total. The second-order valence-corrected chi connectivity index (χ2v) is 7.33. The first-order chi connectivity index (χ1) is 13.6. The Morgan fingerprint density at radius 1 is 0.929 bits per heavy atom. The van der Waals surface area contributed by atoms with E-state index in [9.17, 15) is 9.59 Å². The van der Waals surface area contributed by atoms with Crippen molar-refractivity contribution >= 4 is 12.0 Å². The third-order valence-electron chi connectivity index (χ3n) is 5.61. The van der Waals surface area contributed by atoms with E-state index < -0.39 is 5.97 Å². The number of rotatable bonds is 5. The number of carboxylic acid groups (broad SMARTS) is 1. The Labute approximate surface area is 164 Å². The summed E-state index contributed by atoms with van der Waals surface area (Å²) in [5, 5.41) is 11.5. The standard InChI is InChI=1S/C22H25N3O3/c26-20(27)10-5-11-23-22(28)25-14-12-24(13-15-25)21-18-8-3-1-6-16(18)17-7-2-4-9-19(17)21/h1-4,6-9,21H,5,10-15H2,(H,23,28)(H,26,27). The molecule has 1 saturated heterocycles. The zero-order chi connectivity index (χ0) is 19.5. The Morgan fingerprint density at radius 3 is 2.07 bits per heavy atom. The number of hydrogen-bond acceptors (Lipinski definition) is 3. The average Bonchev–Trinajstić information content (AvgIpc) is 3.05. The van der Waals surface area contributed by atoms with Crippen molar-refractivity contribution in [3.8, 4) is 11.1 Å². The van der Waals surface area contributed by atoms with Crippen molar-refractivity contribution in [2.45, 2.75) is 18.9 Å². The van der Waals surface area contributed by atoms with Gasteiger partial charge >= 0.3 is 12.0 Å². The second kappa shape index (κ2) is 8.02. The number of hydrogen-bond donors (Lipinski definition) is 2. The highest BCUT2D eigenvalue weighted by atomic mass is 16.4. The van der Waals surface area contributed by atoms with Crippen LogP contribution in [0, 0.1) is 0 Å². The number of nitrogens with one attached hydrogen (secondary N) is 1. The zero-order valence-electron chi connectivity index (χ0n) is 15.8. The highest BCUT2D eigenvalue weighted by Gasteiger charge is 2.34. The monoisotopic (exact) mass is 379 g/mol. The van der Waals surface area contributed by atoms with E-state index >= 15 is 0 Å². The average molecular weight is 379 g/mol. The first kappa shape index (κ1) is 18.5. The summed E-state index contributed by atoms with van der Waals surface area (Å²) in [7, 11) is 0. The van der Waals surface area contributed by atoms with Crippen molar-refractivity contribution in [2.75, 3.05) is 32.7 Å². The first-order valence-electron chi connectivity index (χ1n) is 9.82. The van der Waals surface area contributed by atoms with Gasteiger partial charge in [-0.15, -0.1) is 0 Å². The molecule has 6 nitrogen and oxygen atoms in total. The first-order valence-corrected chi connectivity index (χ1v) is 9.82. The van der Waals surface area contributed by atoms with Crippen LogP contribution in [-0.4, -0.2) is 59.6 Å². The van der Waals surface area contributed by atoms with E-state index in [0.717, 1.165) is 13.1 Å². The quantitative estimate of drug-likeness (QED) is 0.784. The Kier molecular flexibility index (Phi) is 5.30. The largest absolute Gasteiger partial charge is 0.481 e. The molecule has 2 aromatic rings. The van der Waals surface area contributed by atoms with Gasteiger partial charge in [-0.3, -0.25) is 9.69 Å². The number of fused-ring (bicyclic) bond motifs is 3. The molecule has 4 rings (SSSR count). The molecule has 2 amide bonds. The molecule has 0 aromatic heterocycles. The number of nitrogens with zero attached hydrogens (tertiary/aromatic N) is 2. The Balaban J connectivity index is 1.39. The van der Waals surface area contributed by atoms with E-state index in [1.54, 1.807) is 0 Å². The molecule has 0 saturated carbocycles. The third-order valence-corrected chi connectivity index (χ3v) is 5.61. The lowest BCUT2D eigenvalue weighted by atomic mass is 10.0. The van der Waals surface area contributed by atoms with Gasteiger partial charge in [-0.25, -0.2) is 4.79 Å². The van der Waals surface area contributed by atoms with E-state index in [0.29, 0.717) is 26.1 Å². The zero-order valence-corrected chi connectivity index (χ0v) is 15.8. The van der Waals surface area contributed by atoms with Crippen LogP contribution in [0.5, 0.6) is 0 Å². The molecule has 6 heteroatoms. The topological polar surface area (TPSA) is 72.9 Å². The van der Waals surface area contributed by atoms with Gasteiger partial charge in [0, 0.05) is 39.1 Å². The van der Waals surface area contributed by atoms with Crippen LogP contribution in [0.2, 0.25) is 0 Å². The van der Waals surface area contributed by atoms with Crippen molar-refractivity contribution in [3.05, 3.63) is 59.7 Å².